The highest BCUT2D eigenvalue weighted by Gasteiger charge is 2.25. The van der Waals surface area contributed by atoms with Gasteiger partial charge in [0.15, 0.2) is 11.6 Å². The van der Waals surface area contributed by atoms with Gasteiger partial charge < -0.3 is 19.7 Å². The third-order valence-electron chi connectivity index (χ3n) is 4.38. The smallest absolute Gasteiger partial charge is 0.410 e. The van der Waals surface area contributed by atoms with Gasteiger partial charge in [0.1, 0.15) is 12.4 Å². The van der Waals surface area contributed by atoms with Crippen LogP contribution in [0.1, 0.15) is 11.1 Å². The molecule has 1 atom stereocenters. The Balaban J connectivity index is 1.44. The highest BCUT2D eigenvalue weighted by molar-refractivity contribution is 5.67. The van der Waals surface area contributed by atoms with Gasteiger partial charge in [-0.25, -0.2) is 18.0 Å². The van der Waals surface area contributed by atoms with Gasteiger partial charge in [0.25, 0.3) is 0 Å². The summed E-state index contributed by atoms with van der Waals surface area (Å²) < 4.78 is 50.7. The molecular formula is C20H21F3N2O3. The number of nitrogens with one attached hydrogen (secondary N) is 1. The predicted octanol–water partition coefficient (Wildman–Crippen LogP) is 3.23. The molecule has 1 N–H and O–H groups in total. The van der Waals surface area contributed by atoms with Crippen LogP contribution in [0.15, 0.2) is 42.5 Å². The van der Waals surface area contributed by atoms with Crippen LogP contribution < -0.4 is 5.32 Å². The number of nitrogens with zero attached hydrogens (tertiary/aromatic N) is 1. The standard InChI is InChI=1S/C20H21F3N2O3/c21-17-9-19(23)18(22)8-15(17)10-24-11-16-12-25(6-7-27-16)20(26)28-13-14-4-2-1-3-5-14/h1-5,8-9,16,24H,6-7,10-13H2. The Morgan fingerprint density at radius 1 is 1.14 bits per heavy atom. The van der Waals surface area contributed by atoms with Crippen LogP contribution in [-0.4, -0.2) is 43.3 Å². The van der Waals surface area contributed by atoms with Crippen molar-refractivity contribution in [3.63, 3.8) is 0 Å². The summed E-state index contributed by atoms with van der Waals surface area (Å²) >= 11 is 0. The summed E-state index contributed by atoms with van der Waals surface area (Å²) in [5, 5.41) is 2.94. The summed E-state index contributed by atoms with van der Waals surface area (Å²) in [7, 11) is 0. The number of rotatable bonds is 6. The van der Waals surface area contributed by atoms with E-state index in [1.165, 1.54) is 0 Å². The fourth-order valence-electron chi connectivity index (χ4n) is 2.89. The van der Waals surface area contributed by atoms with Crippen molar-refractivity contribution in [3.05, 3.63) is 71.0 Å². The summed E-state index contributed by atoms with van der Waals surface area (Å²) in [6.45, 7) is 1.62. The van der Waals surface area contributed by atoms with Crippen molar-refractivity contribution < 1.29 is 27.4 Å². The molecule has 1 heterocycles. The molecule has 1 unspecified atom stereocenters. The fourth-order valence-corrected chi connectivity index (χ4v) is 2.89. The van der Waals surface area contributed by atoms with Crippen molar-refractivity contribution in [2.24, 2.45) is 0 Å². The number of amides is 1. The molecule has 1 aliphatic heterocycles. The van der Waals surface area contributed by atoms with Crippen molar-refractivity contribution >= 4 is 6.09 Å². The number of halogens is 3. The van der Waals surface area contributed by atoms with Gasteiger partial charge in [-0.2, -0.15) is 0 Å². The number of carbonyl (C=O) groups is 1. The highest BCUT2D eigenvalue weighted by atomic mass is 19.2. The molecule has 0 saturated carbocycles. The Morgan fingerprint density at radius 2 is 1.89 bits per heavy atom. The zero-order valence-corrected chi connectivity index (χ0v) is 15.2. The maximum atomic E-state index is 13.6. The number of morpholine rings is 1. The molecule has 0 aliphatic carbocycles. The maximum absolute atomic E-state index is 13.6. The Bertz CT molecular complexity index is 805. The van der Waals surface area contributed by atoms with Gasteiger partial charge in [0.05, 0.1) is 19.3 Å². The first-order valence-corrected chi connectivity index (χ1v) is 8.94. The van der Waals surface area contributed by atoms with Gasteiger partial charge >= 0.3 is 6.09 Å². The molecule has 1 fully saturated rings. The van der Waals surface area contributed by atoms with Crippen LogP contribution in [0, 0.1) is 17.5 Å². The van der Waals surface area contributed by atoms with E-state index in [9.17, 15) is 18.0 Å². The van der Waals surface area contributed by atoms with Crippen LogP contribution in [0.5, 0.6) is 0 Å². The average molecular weight is 394 g/mol. The molecule has 0 bridgehead atoms. The van der Waals surface area contributed by atoms with Gasteiger partial charge in [-0.05, 0) is 11.6 Å². The minimum absolute atomic E-state index is 0.0152. The van der Waals surface area contributed by atoms with E-state index in [1.807, 2.05) is 30.3 Å². The van der Waals surface area contributed by atoms with Gasteiger partial charge in [-0.3, -0.25) is 0 Å². The van der Waals surface area contributed by atoms with Crippen LogP contribution in [-0.2, 0) is 22.6 Å². The lowest BCUT2D eigenvalue weighted by Crippen LogP contribution is -2.49. The van der Waals surface area contributed by atoms with E-state index >= 15 is 0 Å². The van der Waals surface area contributed by atoms with Crippen molar-refractivity contribution in [1.29, 1.82) is 0 Å². The summed E-state index contributed by atoms with van der Waals surface area (Å²) in [6, 6.07) is 10.7. The molecular weight excluding hydrogens is 373 g/mol. The van der Waals surface area contributed by atoms with E-state index in [4.69, 9.17) is 9.47 Å². The number of carbonyl (C=O) groups excluding carboxylic acids is 1. The molecule has 2 aromatic rings. The second-order valence-electron chi connectivity index (χ2n) is 6.47. The normalized spacial score (nSPS) is 16.8. The van der Waals surface area contributed by atoms with E-state index in [1.54, 1.807) is 4.90 Å². The minimum atomic E-state index is -1.22. The Morgan fingerprint density at radius 3 is 2.68 bits per heavy atom. The molecule has 28 heavy (non-hydrogen) atoms. The zero-order valence-electron chi connectivity index (χ0n) is 15.2. The average Bonchev–Trinajstić information content (AvgIpc) is 2.71. The molecule has 3 rings (SSSR count). The maximum Gasteiger partial charge on any atom is 0.410 e. The van der Waals surface area contributed by atoms with Crippen LogP contribution in [0.25, 0.3) is 0 Å². The van der Waals surface area contributed by atoms with Crippen LogP contribution >= 0.6 is 0 Å². The summed E-state index contributed by atoms with van der Waals surface area (Å²) in [4.78, 5) is 13.8. The topological polar surface area (TPSA) is 50.8 Å². The molecule has 1 aliphatic rings. The minimum Gasteiger partial charge on any atom is -0.445 e. The van der Waals surface area contributed by atoms with E-state index in [2.05, 4.69) is 5.32 Å². The monoisotopic (exact) mass is 394 g/mol. The zero-order chi connectivity index (χ0) is 19.9. The van der Waals surface area contributed by atoms with Crippen molar-refractivity contribution in [1.82, 2.24) is 10.2 Å². The number of benzene rings is 2. The lowest BCUT2D eigenvalue weighted by Gasteiger charge is -2.32. The summed E-state index contributed by atoms with van der Waals surface area (Å²) in [5.41, 5.74) is 0.921. The van der Waals surface area contributed by atoms with Gasteiger partial charge in [0, 0.05) is 31.3 Å². The molecule has 0 radical (unpaired) electrons. The van der Waals surface area contributed by atoms with Crippen LogP contribution in [0.3, 0.4) is 0 Å². The SMILES string of the molecule is O=C(OCc1ccccc1)N1CCOC(CNCc2cc(F)c(F)cc2F)C1. The summed E-state index contributed by atoms with van der Waals surface area (Å²) in [5.74, 6) is -3.14. The second-order valence-corrected chi connectivity index (χ2v) is 6.47. The third-order valence-corrected chi connectivity index (χ3v) is 4.38. The van der Waals surface area contributed by atoms with E-state index in [0.29, 0.717) is 32.3 Å². The van der Waals surface area contributed by atoms with Gasteiger partial charge in [0.2, 0.25) is 0 Å². The number of hydrogen-bond donors (Lipinski definition) is 1. The third kappa shape index (κ3) is 5.46. The Labute approximate surface area is 161 Å². The fraction of sp³-hybridized carbons (Fsp3) is 0.350. The van der Waals surface area contributed by atoms with Crippen molar-refractivity contribution in [3.8, 4) is 0 Å². The Kier molecular flexibility index (Phi) is 6.89. The second kappa shape index (κ2) is 9.57. The molecule has 0 aromatic heterocycles. The number of hydrogen-bond acceptors (Lipinski definition) is 4. The largest absolute Gasteiger partial charge is 0.445 e. The van der Waals surface area contributed by atoms with Crippen molar-refractivity contribution in [2.75, 3.05) is 26.2 Å². The molecule has 8 heteroatoms. The summed E-state index contributed by atoms with van der Waals surface area (Å²) in [6.07, 6.45) is -0.741. The highest BCUT2D eigenvalue weighted by Crippen LogP contribution is 2.14. The predicted molar refractivity (Wildman–Crippen MR) is 96.0 cm³/mol. The lowest BCUT2D eigenvalue weighted by atomic mass is 10.2. The molecule has 1 saturated heterocycles. The van der Waals surface area contributed by atoms with Crippen LogP contribution in [0.2, 0.25) is 0 Å². The molecule has 0 spiro atoms. The lowest BCUT2D eigenvalue weighted by molar-refractivity contribution is -0.0271. The van der Waals surface area contributed by atoms with Crippen LogP contribution in [0.4, 0.5) is 18.0 Å². The Hall–Kier alpha value is -2.58. The van der Waals surface area contributed by atoms with E-state index in [-0.39, 0.29) is 24.8 Å². The first-order chi connectivity index (χ1) is 13.5. The van der Waals surface area contributed by atoms with Gasteiger partial charge in [-0.1, -0.05) is 30.3 Å². The van der Waals surface area contributed by atoms with Gasteiger partial charge in [-0.15, -0.1) is 0 Å². The van der Waals surface area contributed by atoms with E-state index in [0.717, 1.165) is 11.6 Å². The molecule has 150 valence electrons. The molecule has 2 aromatic carbocycles. The van der Waals surface area contributed by atoms with E-state index < -0.39 is 23.5 Å². The molecule has 1 amide bonds. The first kappa shape index (κ1) is 20.2. The molecule has 5 nitrogen and oxygen atoms in total. The van der Waals surface area contributed by atoms with Crippen molar-refractivity contribution in [2.45, 2.75) is 19.3 Å². The number of ether oxygens (including phenoxy) is 2. The first-order valence-electron chi connectivity index (χ1n) is 8.94. The quantitative estimate of drug-likeness (QED) is 0.765.